The van der Waals surface area contributed by atoms with E-state index in [9.17, 15) is 4.79 Å². The number of carboxylic acid groups (broad SMARTS) is 1. The fourth-order valence-electron chi connectivity index (χ4n) is 2.47. The Morgan fingerprint density at radius 2 is 1.95 bits per heavy atom. The summed E-state index contributed by atoms with van der Waals surface area (Å²) in [7, 11) is 4.09. The minimum Gasteiger partial charge on any atom is -0.481 e. The van der Waals surface area contributed by atoms with E-state index >= 15 is 0 Å². The van der Waals surface area contributed by atoms with E-state index in [2.05, 4.69) is 34.1 Å². The number of nitrogens with zero attached hydrogens (tertiary/aromatic N) is 2. The Balaban J connectivity index is 2.30. The zero-order valence-electron chi connectivity index (χ0n) is 13.5. The number of aryl methyl sites for hydroxylation is 1. The van der Waals surface area contributed by atoms with Crippen molar-refractivity contribution in [2.24, 2.45) is 0 Å². The lowest BCUT2D eigenvalue weighted by molar-refractivity contribution is -0.137. The van der Waals surface area contributed by atoms with Gasteiger partial charge in [-0.3, -0.25) is 4.79 Å². The number of rotatable bonds is 6. The maximum absolute atomic E-state index is 11.0. The second-order valence-corrected chi connectivity index (χ2v) is 7.11. The molecule has 0 saturated heterocycles. The van der Waals surface area contributed by atoms with Gasteiger partial charge in [-0.15, -0.1) is 11.3 Å². The first kappa shape index (κ1) is 16.6. The van der Waals surface area contributed by atoms with Gasteiger partial charge in [0.05, 0.1) is 17.1 Å². The quantitative estimate of drug-likeness (QED) is 0.881. The molecule has 0 spiro atoms. The normalized spacial score (nSPS) is 12.6. The fraction of sp³-hybridized carbons (Fsp3) is 0.412. The SMILES string of the molecule is Cc1nc(-c2ccc(CN(C)C)cc2)c(C(C)CC(=O)O)s1. The molecule has 22 heavy (non-hydrogen) atoms. The lowest BCUT2D eigenvalue weighted by Gasteiger charge is -2.11. The van der Waals surface area contributed by atoms with Crippen LogP contribution in [0.1, 0.15) is 34.7 Å². The first-order valence-corrected chi connectivity index (χ1v) is 8.11. The zero-order valence-corrected chi connectivity index (χ0v) is 14.3. The topological polar surface area (TPSA) is 53.4 Å². The maximum Gasteiger partial charge on any atom is 0.303 e. The van der Waals surface area contributed by atoms with Crippen molar-refractivity contribution in [1.82, 2.24) is 9.88 Å². The number of carboxylic acids is 1. The second-order valence-electron chi connectivity index (χ2n) is 5.88. The summed E-state index contributed by atoms with van der Waals surface area (Å²) in [4.78, 5) is 18.8. The highest BCUT2D eigenvalue weighted by molar-refractivity contribution is 7.12. The number of thiazole rings is 1. The average Bonchev–Trinajstić information content (AvgIpc) is 2.80. The van der Waals surface area contributed by atoms with Crippen molar-refractivity contribution in [3.8, 4) is 11.3 Å². The lowest BCUT2D eigenvalue weighted by atomic mass is 10.0. The molecule has 2 aromatic rings. The predicted molar refractivity (Wildman–Crippen MR) is 90.3 cm³/mol. The minimum absolute atomic E-state index is 0.0276. The summed E-state index contributed by atoms with van der Waals surface area (Å²) in [6, 6.07) is 8.36. The van der Waals surface area contributed by atoms with Gasteiger partial charge in [0.2, 0.25) is 0 Å². The summed E-state index contributed by atoms with van der Waals surface area (Å²) in [6.07, 6.45) is 0.132. The average molecular weight is 318 g/mol. The number of aromatic nitrogens is 1. The Morgan fingerprint density at radius 3 is 2.50 bits per heavy atom. The van der Waals surface area contributed by atoms with Crippen LogP contribution in [0.5, 0.6) is 0 Å². The van der Waals surface area contributed by atoms with E-state index in [4.69, 9.17) is 5.11 Å². The number of hydrogen-bond donors (Lipinski definition) is 1. The molecule has 0 aliphatic heterocycles. The van der Waals surface area contributed by atoms with E-state index in [1.807, 2.05) is 27.9 Å². The molecule has 1 aromatic carbocycles. The van der Waals surface area contributed by atoms with E-state index < -0.39 is 5.97 Å². The molecule has 118 valence electrons. The molecule has 1 N–H and O–H groups in total. The molecule has 1 atom stereocenters. The Kier molecular flexibility index (Phi) is 5.32. The van der Waals surface area contributed by atoms with Crippen LogP contribution < -0.4 is 0 Å². The van der Waals surface area contributed by atoms with Gasteiger partial charge in [-0.1, -0.05) is 31.2 Å². The first-order chi connectivity index (χ1) is 10.4. The molecule has 1 aromatic heterocycles. The van der Waals surface area contributed by atoms with Gasteiger partial charge in [0.25, 0.3) is 0 Å². The minimum atomic E-state index is -0.772. The van der Waals surface area contributed by atoms with Crippen molar-refractivity contribution < 1.29 is 9.90 Å². The van der Waals surface area contributed by atoms with Crippen LogP contribution in [0.4, 0.5) is 0 Å². The molecule has 2 rings (SSSR count). The monoisotopic (exact) mass is 318 g/mol. The van der Waals surface area contributed by atoms with Gasteiger partial charge in [-0.2, -0.15) is 0 Å². The van der Waals surface area contributed by atoms with Crippen LogP contribution in [-0.4, -0.2) is 35.1 Å². The second kappa shape index (κ2) is 7.03. The van der Waals surface area contributed by atoms with Gasteiger partial charge in [0.15, 0.2) is 0 Å². The molecule has 1 unspecified atom stereocenters. The first-order valence-electron chi connectivity index (χ1n) is 7.30. The number of benzene rings is 1. The van der Waals surface area contributed by atoms with Crippen molar-refractivity contribution >= 4 is 17.3 Å². The van der Waals surface area contributed by atoms with Crippen molar-refractivity contribution in [1.29, 1.82) is 0 Å². The van der Waals surface area contributed by atoms with Crippen molar-refractivity contribution in [2.45, 2.75) is 32.7 Å². The molecule has 0 aliphatic carbocycles. The molecule has 1 heterocycles. The smallest absolute Gasteiger partial charge is 0.303 e. The maximum atomic E-state index is 11.0. The van der Waals surface area contributed by atoms with E-state index in [-0.39, 0.29) is 12.3 Å². The van der Waals surface area contributed by atoms with Crippen LogP contribution in [-0.2, 0) is 11.3 Å². The molecule has 0 saturated carbocycles. The highest BCUT2D eigenvalue weighted by Gasteiger charge is 2.19. The molecular formula is C17H22N2O2S. The van der Waals surface area contributed by atoms with Gasteiger partial charge < -0.3 is 10.0 Å². The summed E-state index contributed by atoms with van der Waals surface area (Å²) >= 11 is 1.59. The Bertz CT molecular complexity index is 647. The van der Waals surface area contributed by atoms with E-state index in [1.54, 1.807) is 11.3 Å². The summed E-state index contributed by atoms with van der Waals surface area (Å²) in [5.74, 6) is -0.800. The van der Waals surface area contributed by atoms with Gasteiger partial charge in [0.1, 0.15) is 0 Å². The molecule has 4 nitrogen and oxygen atoms in total. The fourth-order valence-corrected chi connectivity index (χ4v) is 3.47. The summed E-state index contributed by atoms with van der Waals surface area (Å²) in [5.41, 5.74) is 3.23. The Morgan fingerprint density at radius 1 is 1.32 bits per heavy atom. The number of carbonyl (C=O) groups is 1. The highest BCUT2D eigenvalue weighted by atomic mass is 32.1. The third-order valence-electron chi connectivity index (χ3n) is 3.41. The largest absolute Gasteiger partial charge is 0.481 e. The number of hydrogen-bond acceptors (Lipinski definition) is 4. The van der Waals surface area contributed by atoms with Crippen LogP contribution >= 0.6 is 11.3 Å². The predicted octanol–water partition coefficient (Wildman–Crippen LogP) is 3.76. The van der Waals surface area contributed by atoms with Crippen LogP contribution in [0.2, 0.25) is 0 Å². The third kappa shape index (κ3) is 4.15. The van der Waals surface area contributed by atoms with E-state index in [1.165, 1.54) is 5.56 Å². The molecule has 5 heteroatoms. The zero-order chi connectivity index (χ0) is 16.3. The summed E-state index contributed by atoms with van der Waals surface area (Å²) < 4.78 is 0. The van der Waals surface area contributed by atoms with Gasteiger partial charge in [-0.05, 0) is 26.6 Å². The lowest BCUT2D eigenvalue weighted by Crippen LogP contribution is -2.10. The molecule has 0 aliphatic rings. The molecular weight excluding hydrogens is 296 g/mol. The van der Waals surface area contributed by atoms with E-state index in [0.717, 1.165) is 27.7 Å². The highest BCUT2D eigenvalue weighted by Crippen LogP contribution is 2.35. The molecule has 0 amide bonds. The van der Waals surface area contributed by atoms with Crippen LogP contribution in [0.3, 0.4) is 0 Å². The molecule has 0 bridgehead atoms. The van der Waals surface area contributed by atoms with Gasteiger partial charge in [0, 0.05) is 22.9 Å². The standard InChI is InChI=1S/C17H22N2O2S/c1-11(9-15(20)21)17-16(18-12(2)22-17)14-7-5-13(6-8-14)10-19(3)4/h5-8,11H,9-10H2,1-4H3,(H,20,21). The third-order valence-corrected chi connectivity index (χ3v) is 4.62. The van der Waals surface area contributed by atoms with E-state index in [0.29, 0.717) is 0 Å². The summed E-state index contributed by atoms with van der Waals surface area (Å²) in [6.45, 7) is 4.81. The number of aliphatic carboxylic acids is 1. The van der Waals surface area contributed by atoms with Crippen molar-refractivity contribution in [3.05, 3.63) is 39.7 Å². The molecule has 0 fully saturated rings. The molecule has 0 radical (unpaired) electrons. The Hall–Kier alpha value is -1.72. The van der Waals surface area contributed by atoms with Crippen molar-refractivity contribution in [3.63, 3.8) is 0 Å². The summed E-state index contributed by atoms with van der Waals surface area (Å²) in [5, 5.41) is 9.99. The van der Waals surface area contributed by atoms with Gasteiger partial charge >= 0.3 is 5.97 Å². The van der Waals surface area contributed by atoms with Crippen LogP contribution in [0, 0.1) is 6.92 Å². The van der Waals surface area contributed by atoms with Gasteiger partial charge in [-0.25, -0.2) is 4.98 Å². The van der Waals surface area contributed by atoms with Crippen LogP contribution in [0.25, 0.3) is 11.3 Å². The Labute approximate surface area is 135 Å². The van der Waals surface area contributed by atoms with Crippen molar-refractivity contribution in [2.75, 3.05) is 14.1 Å². The van der Waals surface area contributed by atoms with Crippen LogP contribution in [0.15, 0.2) is 24.3 Å².